The number of amides is 2. The normalized spacial score (nSPS) is 26.5. The summed E-state index contributed by atoms with van der Waals surface area (Å²) in [5.41, 5.74) is 3.90. The fraction of sp³-hybridized carbons (Fsp3) is 0.750. The van der Waals surface area contributed by atoms with E-state index in [1.165, 1.54) is 0 Å². The second-order valence-electron chi connectivity index (χ2n) is 5.10. The summed E-state index contributed by atoms with van der Waals surface area (Å²) in [6.07, 6.45) is 2.36. The van der Waals surface area contributed by atoms with Crippen LogP contribution in [-0.4, -0.2) is 41.5 Å². The molecule has 7 nitrogen and oxygen atoms in total. The zero-order chi connectivity index (χ0) is 14.5. The molecular formula is C12H21N3O4. The van der Waals surface area contributed by atoms with E-state index in [2.05, 4.69) is 17.6 Å². The Morgan fingerprint density at radius 2 is 1.84 bits per heavy atom. The smallest absolute Gasteiger partial charge is 0.329 e. The van der Waals surface area contributed by atoms with E-state index in [-0.39, 0.29) is 13.1 Å². The third-order valence-corrected chi connectivity index (χ3v) is 3.55. The summed E-state index contributed by atoms with van der Waals surface area (Å²) in [4.78, 5) is 34.0. The number of carboxylic acid groups (broad SMARTS) is 1. The fourth-order valence-electron chi connectivity index (χ4n) is 2.21. The maximum atomic E-state index is 11.7. The van der Waals surface area contributed by atoms with Crippen molar-refractivity contribution in [2.24, 2.45) is 11.7 Å². The summed E-state index contributed by atoms with van der Waals surface area (Å²) in [5.74, 6) is -1.49. The number of hydrogen-bond donors (Lipinski definition) is 4. The molecule has 0 atom stereocenters. The summed E-state index contributed by atoms with van der Waals surface area (Å²) < 4.78 is 0. The quantitative estimate of drug-likeness (QED) is 0.522. The molecule has 0 aromatic rings. The van der Waals surface area contributed by atoms with Gasteiger partial charge in [0.15, 0.2) is 0 Å². The summed E-state index contributed by atoms with van der Waals surface area (Å²) in [5, 5.41) is 14.2. The number of rotatable bonds is 5. The minimum absolute atomic E-state index is 0.200. The van der Waals surface area contributed by atoms with Crippen LogP contribution in [0.15, 0.2) is 0 Å². The van der Waals surface area contributed by atoms with Crippen molar-refractivity contribution >= 4 is 17.8 Å². The molecule has 0 aromatic carbocycles. The number of carbonyl (C=O) groups is 3. The molecule has 1 fully saturated rings. The van der Waals surface area contributed by atoms with Gasteiger partial charge in [0.1, 0.15) is 5.54 Å². The highest BCUT2D eigenvalue weighted by Gasteiger charge is 2.42. The molecule has 1 rings (SSSR count). The van der Waals surface area contributed by atoms with Gasteiger partial charge in [0.25, 0.3) is 0 Å². The second kappa shape index (κ2) is 6.51. The Balaban J connectivity index is 2.57. The molecule has 0 heterocycles. The van der Waals surface area contributed by atoms with Crippen LogP contribution in [0.3, 0.4) is 0 Å². The Morgan fingerprint density at radius 1 is 1.26 bits per heavy atom. The van der Waals surface area contributed by atoms with Crippen molar-refractivity contribution in [3.05, 3.63) is 0 Å². The summed E-state index contributed by atoms with van der Waals surface area (Å²) in [6.45, 7) is 1.62. The highest BCUT2D eigenvalue weighted by atomic mass is 16.4. The molecule has 0 unspecified atom stereocenters. The van der Waals surface area contributed by atoms with E-state index in [1.54, 1.807) is 0 Å². The molecule has 1 aliphatic carbocycles. The Kier molecular flexibility index (Phi) is 5.29. The molecular weight excluding hydrogens is 250 g/mol. The second-order valence-corrected chi connectivity index (χ2v) is 5.10. The van der Waals surface area contributed by atoms with Gasteiger partial charge >= 0.3 is 5.97 Å². The van der Waals surface area contributed by atoms with Crippen molar-refractivity contribution in [3.8, 4) is 0 Å². The number of carboxylic acids is 1. The van der Waals surface area contributed by atoms with Crippen LogP contribution in [-0.2, 0) is 14.4 Å². The molecule has 0 bridgehead atoms. The Morgan fingerprint density at radius 3 is 2.32 bits per heavy atom. The van der Waals surface area contributed by atoms with Crippen LogP contribution in [0.1, 0.15) is 32.6 Å². The first-order valence-corrected chi connectivity index (χ1v) is 6.41. The minimum atomic E-state index is -1.20. The number of nitrogens with one attached hydrogen (secondary N) is 2. The Labute approximate surface area is 111 Å². The Bertz CT molecular complexity index is 362. The van der Waals surface area contributed by atoms with E-state index in [4.69, 9.17) is 5.73 Å². The van der Waals surface area contributed by atoms with E-state index in [0.717, 1.165) is 12.8 Å². The van der Waals surface area contributed by atoms with Gasteiger partial charge in [0.2, 0.25) is 11.8 Å². The fourth-order valence-corrected chi connectivity index (χ4v) is 2.21. The maximum Gasteiger partial charge on any atom is 0.329 e. The largest absolute Gasteiger partial charge is 0.480 e. The average molecular weight is 271 g/mol. The lowest BCUT2D eigenvalue weighted by molar-refractivity contribution is -0.149. The molecule has 108 valence electrons. The average Bonchev–Trinajstić information content (AvgIpc) is 2.38. The van der Waals surface area contributed by atoms with Gasteiger partial charge in [0, 0.05) is 0 Å². The van der Waals surface area contributed by atoms with E-state index in [1.807, 2.05) is 0 Å². The molecule has 0 radical (unpaired) electrons. The predicted molar refractivity (Wildman–Crippen MR) is 68.2 cm³/mol. The first kappa shape index (κ1) is 15.4. The third-order valence-electron chi connectivity index (χ3n) is 3.55. The van der Waals surface area contributed by atoms with E-state index >= 15 is 0 Å². The van der Waals surface area contributed by atoms with E-state index in [0.29, 0.717) is 18.8 Å². The molecule has 1 saturated carbocycles. The highest BCUT2D eigenvalue weighted by Crippen LogP contribution is 2.32. The van der Waals surface area contributed by atoms with E-state index < -0.39 is 23.3 Å². The third kappa shape index (κ3) is 4.20. The first-order chi connectivity index (χ1) is 8.89. The maximum absolute atomic E-state index is 11.7. The topological polar surface area (TPSA) is 122 Å². The lowest BCUT2D eigenvalue weighted by atomic mass is 9.77. The Hall–Kier alpha value is -1.63. The molecule has 7 heteroatoms. The standard InChI is InChI=1S/C12H21N3O4/c1-8-2-4-12(5-3-8,11(18)19)15-10(17)7-14-9(16)6-13/h8H,2-7,13H2,1H3,(H,14,16)(H,15,17)(H,18,19). The van der Waals surface area contributed by atoms with Gasteiger partial charge in [-0.3, -0.25) is 9.59 Å². The van der Waals surface area contributed by atoms with Crippen LogP contribution < -0.4 is 16.4 Å². The van der Waals surface area contributed by atoms with Crippen molar-refractivity contribution < 1.29 is 19.5 Å². The van der Waals surface area contributed by atoms with Crippen molar-refractivity contribution in [2.45, 2.75) is 38.1 Å². The summed E-state index contributed by atoms with van der Waals surface area (Å²) in [7, 11) is 0. The van der Waals surface area contributed by atoms with Crippen molar-refractivity contribution in [1.82, 2.24) is 10.6 Å². The molecule has 5 N–H and O–H groups in total. The van der Waals surface area contributed by atoms with Gasteiger partial charge in [-0.2, -0.15) is 0 Å². The van der Waals surface area contributed by atoms with Crippen molar-refractivity contribution in [3.63, 3.8) is 0 Å². The molecule has 0 aliphatic heterocycles. The van der Waals surface area contributed by atoms with Crippen LogP contribution in [0.4, 0.5) is 0 Å². The molecule has 1 aliphatic rings. The molecule has 0 aromatic heterocycles. The van der Waals surface area contributed by atoms with Crippen molar-refractivity contribution in [1.29, 1.82) is 0 Å². The monoisotopic (exact) mass is 271 g/mol. The first-order valence-electron chi connectivity index (χ1n) is 6.41. The number of aliphatic carboxylic acids is 1. The van der Waals surface area contributed by atoms with Crippen LogP contribution in [0, 0.1) is 5.92 Å². The lowest BCUT2D eigenvalue weighted by Gasteiger charge is -2.36. The van der Waals surface area contributed by atoms with Crippen LogP contribution in [0.5, 0.6) is 0 Å². The number of carbonyl (C=O) groups excluding carboxylic acids is 2. The minimum Gasteiger partial charge on any atom is -0.480 e. The van der Waals surface area contributed by atoms with Crippen molar-refractivity contribution in [2.75, 3.05) is 13.1 Å². The van der Waals surface area contributed by atoms with E-state index in [9.17, 15) is 19.5 Å². The zero-order valence-electron chi connectivity index (χ0n) is 11.1. The van der Waals surface area contributed by atoms with Gasteiger partial charge in [-0.25, -0.2) is 4.79 Å². The zero-order valence-corrected chi connectivity index (χ0v) is 11.1. The van der Waals surface area contributed by atoms with Crippen LogP contribution >= 0.6 is 0 Å². The predicted octanol–water partition coefficient (Wildman–Crippen LogP) is -0.789. The van der Waals surface area contributed by atoms with Crippen LogP contribution in [0.2, 0.25) is 0 Å². The van der Waals surface area contributed by atoms with Gasteiger partial charge in [-0.15, -0.1) is 0 Å². The molecule has 0 saturated heterocycles. The number of nitrogens with two attached hydrogens (primary N) is 1. The number of hydrogen-bond acceptors (Lipinski definition) is 4. The van der Waals surface area contributed by atoms with Crippen LogP contribution in [0.25, 0.3) is 0 Å². The molecule has 19 heavy (non-hydrogen) atoms. The SMILES string of the molecule is CC1CCC(NC(=O)CNC(=O)CN)(C(=O)O)CC1. The van der Waals surface area contributed by atoms with Gasteiger partial charge in [-0.1, -0.05) is 6.92 Å². The van der Waals surface area contributed by atoms with Gasteiger partial charge in [-0.05, 0) is 31.6 Å². The molecule has 0 spiro atoms. The highest BCUT2D eigenvalue weighted by molar-refractivity contribution is 5.90. The van der Waals surface area contributed by atoms with Gasteiger partial charge < -0.3 is 21.5 Å². The lowest BCUT2D eigenvalue weighted by Crippen LogP contribution is -2.58. The summed E-state index contributed by atoms with van der Waals surface area (Å²) in [6, 6.07) is 0. The van der Waals surface area contributed by atoms with Gasteiger partial charge in [0.05, 0.1) is 13.1 Å². The summed E-state index contributed by atoms with van der Waals surface area (Å²) >= 11 is 0. The molecule has 2 amide bonds.